The molecule has 2 rings (SSSR count). The molecule has 0 aliphatic heterocycles. The zero-order chi connectivity index (χ0) is 13.3. The highest BCUT2D eigenvalue weighted by atomic mass is 16.2. The third-order valence-corrected chi connectivity index (χ3v) is 2.40. The van der Waals surface area contributed by atoms with Crippen LogP contribution < -0.4 is 11.2 Å². The van der Waals surface area contributed by atoms with Crippen molar-refractivity contribution in [2.45, 2.75) is 6.54 Å². The lowest BCUT2D eigenvalue weighted by Crippen LogP contribution is -2.31. The summed E-state index contributed by atoms with van der Waals surface area (Å²) in [5, 5.41) is 0. The molecule has 0 unspecified atom stereocenters. The van der Waals surface area contributed by atoms with Gasteiger partial charge in [-0.05, 0) is 6.08 Å². The van der Waals surface area contributed by atoms with Crippen LogP contribution in [0.3, 0.4) is 0 Å². The van der Waals surface area contributed by atoms with Crippen LogP contribution in [0.4, 0.5) is 0 Å². The minimum atomic E-state index is -0.633. The lowest BCUT2D eigenvalue weighted by Gasteiger charge is -2.05. The van der Waals surface area contributed by atoms with Gasteiger partial charge in [0.15, 0.2) is 11.2 Å². The maximum atomic E-state index is 11.7. The van der Waals surface area contributed by atoms with Crippen LogP contribution in [0.5, 0.6) is 0 Å². The van der Waals surface area contributed by atoms with Gasteiger partial charge < -0.3 is 0 Å². The summed E-state index contributed by atoms with van der Waals surface area (Å²) in [6.45, 7) is 7.03. The van der Waals surface area contributed by atoms with Gasteiger partial charge in [-0.1, -0.05) is 12.7 Å². The summed E-state index contributed by atoms with van der Waals surface area (Å²) in [6.07, 6.45) is 3.74. The number of imidazole rings is 1. The molecule has 2 aromatic heterocycles. The van der Waals surface area contributed by atoms with Gasteiger partial charge in [0.05, 0.1) is 0 Å². The van der Waals surface area contributed by atoms with Crippen molar-refractivity contribution in [3.63, 3.8) is 0 Å². The Labute approximate surface area is 101 Å². The van der Waals surface area contributed by atoms with Crippen molar-refractivity contribution < 1.29 is 4.79 Å². The fourth-order valence-electron chi connectivity index (χ4n) is 1.64. The summed E-state index contributed by atoms with van der Waals surface area (Å²) in [6, 6.07) is 0. The smallest absolute Gasteiger partial charge is 0.273 e. The van der Waals surface area contributed by atoms with E-state index in [1.165, 1.54) is 17.0 Å². The van der Waals surface area contributed by atoms with Crippen molar-refractivity contribution in [1.29, 1.82) is 0 Å². The first kappa shape index (κ1) is 11.8. The first-order valence-corrected chi connectivity index (χ1v) is 5.08. The van der Waals surface area contributed by atoms with Crippen molar-refractivity contribution in [3.8, 4) is 0 Å². The maximum absolute atomic E-state index is 11.7. The van der Waals surface area contributed by atoms with Gasteiger partial charge in [-0.15, -0.1) is 6.58 Å². The molecule has 0 saturated carbocycles. The van der Waals surface area contributed by atoms with E-state index in [1.54, 1.807) is 0 Å². The highest BCUT2D eigenvalue weighted by molar-refractivity contribution is 5.95. The molecule has 0 fully saturated rings. The molecule has 2 heterocycles. The number of rotatable bonds is 3. The lowest BCUT2D eigenvalue weighted by atomic mass is 10.4. The number of hydrogen-bond donors (Lipinski definition) is 1. The van der Waals surface area contributed by atoms with E-state index in [2.05, 4.69) is 23.1 Å². The normalized spacial score (nSPS) is 10.4. The Kier molecular flexibility index (Phi) is 2.80. The molecule has 7 nitrogen and oxygen atoms in total. The van der Waals surface area contributed by atoms with Gasteiger partial charge in [-0.3, -0.25) is 23.7 Å². The molecule has 0 atom stereocenters. The number of carbonyl (C=O) groups excluding carboxylic acids is 1. The topological polar surface area (TPSA) is 89.8 Å². The maximum Gasteiger partial charge on any atom is 0.330 e. The van der Waals surface area contributed by atoms with E-state index in [0.717, 1.165) is 10.6 Å². The number of aromatic amines is 1. The molecular weight excluding hydrogens is 236 g/mol. The molecule has 0 aliphatic carbocycles. The number of hydrogen-bond acceptors (Lipinski definition) is 4. The van der Waals surface area contributed by atoms with E-state index in [9.17, 15) is 14.4 Å². The van der Waals surface area contributed by atoms with Gasteiger partial charge in [0.25, 0.3) is 11.5 Å². The molecule has 7 heteroatoms. The van der Waals surface area contributed by atoms with E-state index in [4.69, 9.17) is 0 Å². The van der Waals surface area contributed by atoms with Crippen LogP contribution in [0.2, 0.25) is 0 Å². The van der Waals surface area contributed by atoms with Gasteiger partial charge >= 0.3 is 5.69 Å². The van der Waals surface area contributed by atoms with Gasteiger partial charge in [0, 0.05) is 6.54 Å². The van der Waals surface area contributed by atoms with E-state index >= 15 is 0 Å². The monoisotopic (exact) mass is 246 g/mol. The molecule has 0 aromatic carbocycles. The van der Waals surface area contributed by atoms with E-state index in [-0.39, 0.29) is 17.7 Å². The molecule has 1 N–H and O–H groups in total. The zero-order valence-corrected chi connectivity index (χ0v) is 9.42. The van der Waals surface area contributed by atoms with Crippen LogP contribution in [0.15, 0.2) is 41.2 Å². The second-order valence-electron chi connectivity index (χ2n) is 3.49. The molecule has 0 saturated heterocycles. The molecule has 0 spiro atoms. The van der Waals surface area contributed by atoms with E-state index < -0.39 is 17.2 Å². The average molecular weight is 246 g/mol. The SMILES string of the molecule is C=CCn1c(=O)[nH]c(=O)c2ncn(C(=O)C=C)c21. The van der Waals surface area contributed by atoms with Crippen LogP contribution in [0, 0.1) is 0 Å². The Balaban J connectivity index is 2.96. The van der Waals surface area contributed by atoms with E-state index in [0.29, 0.717) is 0 Å². The highest BCUT2D eigenvalue weighted by Gasteiger charge is 2.15. The molecular formula is C11H10N4O3. The molecule has 0 aliphatic rings. The van der Waals surface area contributed by atoms with Crippen LogP contribution in [-0.2, 0) is 6.54 Å². The van der Waals surface area contributed by atoms with Crippen molar-refractivity contribution in [2.24, 2.45) is 0 Å². The molecule has 0 bridgehead atoms. The first-order valence-electron chi connectivity index (χ1n) is 5.08. The molecule has 0 amide bonds. The number of fused-ring (bicyclic) bond motifs is 1. The fraction of sp³-hybridized carbons (Fsp3) is 0.0909. The van der Waals surface area contributed by atoms with Gasteiger partial charge in [0.1, 0.15) is 6.33 Å². The third-order valence-electron chi connectivity index (χ3n) is 2.40. The predicted molar refractivity (Wildman–Crippen MR) is 65.6 cm³/mol. The number of H-pyrrole nitrogens is 1. The Bertz CT molecular complexity index is 763. The summed E-state index contributed by atoms with van der Waals surface area (Å²) < 4.78 is 2.31. The highest BCUT2D eigenvalue weighted by Crippen LogP contribution is 2.06. The Morgan fingerprint density at radius 3 is 2.78 bits per heavy atom. The summed E-state index contributed by atoms with van der Waals surface area (Å²) >= 11 is 0. The number of allylic oxidation sites excluding steroid dienone is 2. The number of nitrogens with zero attached hydrogens (tertiary/aromatic N) is 3. The minimum Gasteiger partial charge on any atom is -0.273 e. The summed E-state index contributed by atoms with van der Waals surface area (Å²) in [4.78, 5) is 40.8. The summed E-state index contributed by atoms with van der Waals surface area (Å²) in [5.74, 6) is -0.472. The van der Waals surface area contributed by atoms with Crippen LogP contribution in [0.25, 0.3) is 11.2 Å². The Morgan fingerprint density at radius 1 is 1.44 bits per heavy atom. The van der Waals surface area contributed by atoms with Gasteiger partial charge in [0.2, 0.25) is 0 Å². The summed E-state index contributed by atoms with van der Waals surface area (Å²) in [5.41, 5.74) is -1.10. The van der Waals surface area contributed by atoms with Crippen LogP contribution in [-0.4, -0.2) is 25.0 Å². The molecule has 92 valence electrons. The largest absolute Gasteiger partial charge is 0.330 e. The Morgan fingerprint density at radius 2 is 2.17 bits per heavy atom. The van der Waals surface area contributed by atoms with Gasteiger partial charge in [-0.25, -0.2) is 9.78 Å². The van der Waals surface area contributed by atoms with Crippen molar-refractivity contribution in [2.75, 3.05) is 0 Å². The predicted octanol–water partition coefficient (Wildman–Crippen LogP) is -0.102. The van der Waals surface area contributed by atoms with E-state index in [1.807, 2.05) is 0 Å². The minimum absolute atomic E-state index is 0.0200. The van der Waals surface area contributed by atoms with Gasteiger partial charge in [-0.2, -0.15) is 0 Å². The third kappa shape index (κ3) is 1.61. The molecule has 18 heavy (non-hydrogen) atoms. The fourth-order valence-corrected chi connectivity index (χ4v) is 1.64. The Hall–Kier alpha value is -2.70. The quantitative estimate of drug-likeness (QED) is 0.604. The second kappa shape index (κ2) is 4.28. The summed E-state index contributed by atoms with van der Waals surface area (Å²) in [7, 11) is 0. The zero-order valence-electron chi connectivity index (χ0n) is 9.42. The second-order valence-corrected chi connectivity index (χ2v) is 3.49. The number of carbonyl (C=O) groups is 1. The average Bonchev–Trinajstić information content (AvgIpc) is 2.78. The lowest BCUT2D eigenvalue weighted by molar-refractivity contribution is 0.0972. The molecule has 0 radical (unpaired) electrons. The number of nitrogens with one attached hydrogen (secondary N) is 1. The molecule has 2 aromatic rings. The van der Waals surface area contributed by atoms with Crippen molar-refractivity contribution in [3.05, 3.63) is 52.5 Å². The van der Waals surface area contributed by atoms with Crippen LogP contribution in [0.1, 0.15) is 4.79 Å². The number of aromatic nitrogens is 4. The first-order chi connectivity index (χ1) is 8.60. The standard InChI is InChI=1S/C11H10N4O3/c1-3-5-14-10-8(9(17)13-11(14)18)12-6-15(10)7(16)4-2/h3-4,6H,1-2,5H2,(H,13,17,18). The van der Waals surface area contributed by atoms with Crippen LogP contribution >= 0.6 is 0 Å². The van der Waals surface area contributed by atoms with Crippen molar-refractivity contribution >= 4 is 17.1 Å². The van der Waals surface area contributed by atoms with Crippen molar-refractivity contribution in [1.82, 2.24) is 19.1 Å².